The first kappa shape index (κ1) is 16.1. The molecule has 1 nitrogen and oxygen atoms in total. The maximum atomic E-state index is 6.22. The van der Waals surface area contributed by atoms with Gasteiger partial charge in [-0.25, -0.2) is 0 Å². The maximum absolute atomic E-state index is 6.22. The molecule has 2 atom stereocenters. The molecule has 0 N–H and O–H groups in total. The molecular formula is C21H32O. The van der Waals surface area contributed by atoms with E-state index in [1.807, 2.05) is 0 Å². The minimum atomic E-state index is 0.500. The number of aryl methyl sites for hydroxylation is 2. The highest BCUT2D eigenvalue weighted by Crippen LogP contribution is 2.37. The lowest BCUT2D eigenvalue weighted by molar-refractivity contribution is -0.0413. The van der Waals surface area contributed by atoms with E-state index in [0.717, 1.165) is 30.8 Å². The third-order valence-electron chi connectivity index (χ3n) is 6.01. The highest BCUT2D eigenvalue weighted by atomic mass is 16.5. The first-order chi connectivity index (χ1) is 10.7. The van der Waals surface area contributed by atoms with Gasteiger partial charge in [-0.15, -0.1) is 0 Å². The average Bonchev–Trinajstić information content (AvgIpc) is 2.56. The molecule has 2 aliphatic rings. The molecule has 22 heavy (non-hydrogen) atoms. The molecule has 1 saturated carbocycles. The van der Waals surface area contributed by atoms with E-state index in [-0.39, 0.29) is 0 Å². The normalized spacial score (nSPS) is 32.8. The molecule has 1 heteroatoms. The van der Waals surface area contributed by atoms with Crippen molar-refractivity contribution in [3.05, 3.63) is 35.4 Å². The Morgan fingerprint density at radius 3 is 2.23 bits per heavy atom. The Balaban J connectivity index is 1.39. The van der Waals surface area contributed by atoms with Gasteiger partial charge in [-0.3, -0.25) is 0 Å². The van der Waals surface area contributed by atoms with Crippen LogP contribution in [0.3, 0.4) is 0 Å². The SMILES string of the molecule is Cc1ccc(CCC2CCC(C3CCC(C)CC3)CO2)cc1. The zero-order valence-corrected chi connectivity index (χ0v) is 14.4. The molecule has 1 aliphatic carbocycles. The fraction of sp³-hybridized carbons (Fsp3) is 0.714. The van der Waals surface area contributed by atoms with E-state index in [1.165, 1.54) is 56.1 Å². The van der Waals surface area contributed by atoms with Gasteiger partial charge in [0.25, 0.3) is 0 Å². The van der Waals surface area contributed by atoms with Gasteiger partial charge in [0.05, 0.1) is 12.7 Å². The van der Waals surface area contributed by atoms with Crippen LogP contribution in [0.2, 0.25) is 0 Å². The quantitative estimate of drug-likeness (QED) is 0.708. The van der Waals surface area contributed by atoms with Crippen molar-refractivity contribution < 1.29 is 4.74 Å². The minimum Gasteiger partial charge on any atom is -0.378 e. The third-order valence-corrected chi connectivity index (χ3v) is 6.01. The molecule has 2 unspecified atom stereocenters. The summed E-state index contributed by atoms with van der Waals surface area (Å²) in [6.07, 6.45) is 11.3. The van der Waals surface area contributed by atoms with Crippen molar-refractivity contribution in [2.24, 2.45) is 17.8 Å². The van der Waals surface area contributed by atoms with Gasteiger partial charge >= 0.3 is 0 Å². The largest absolute Gasteiger partial charge is 0.378 e. The van der Waals surface area contributed by atoms with Crippen molar-refractivity contribution in [3.63, 3.8) is 0 Å². The van der Waals surface area contributed by atoms with Crippen LogP contribution in [0.25, 0.3) is 0 Å². The zero-order chi connectivity index (χ0) is 15.4. The van der Waals surface area contributed by atoms with Gasteiger partial charge in [-0.05, 0) is 68.8 Å². The Kier molecular flexibility index (Phi) is 5.57. The predicted octanol–water partition coefficient (Wildman–Crippen LogP) is 5.55. The van der Waals surface area contributed by atoms with Crippen molar-refractivity contribution >= 4 is 0 Å². The lowest BCUT2D eigenvalue weighted by atomic mass is 9.74. The molecule has 1 aromatic rings. The van der Waals surface area contributed by atoms with E-state index in [1.54, 1.807) is 0 Å². The van der Waals surface area contributed by atoms with Crippen molar-refractivity contribution in [1.29, 1.82) is 0 Å². The molecule has 1 saturated heterocycles. The topological polar surface area (TPSA) is 9.23 Å². The first-order valence-electron chi connectivity index (χ1n) is 9.38. The second-order valence-corrected chi connectivity index (χ2v) is 7.84. The van der Waals surface area contributed by atoms with Gasteiger partial charge < -0.3 is 4.74 Å². The summed E-state index contributed by atoms with van der Waals surface area (Å²) in [5.41, 5.74) is 2.81. The first-order valence-corrected chi connectivity index (χ1v) is 9.38. The summed E-state index contributed by atoms with van der Waals surface area (Å²) in [6.45, 7) is 5.59. The summed E-state index contributed by atoms with van der Waals surface area (Å²) in [5, 5.41) is 0. The lowest BCUT2D eigenvalue weighted by Crippen LogP contribution is -2.32. The second-order valence-electron chi connectivity index (χ2n) is 7.84. The molecule has 0 bridgehead atoms. The summed E-state index contributed by atoms with van der Waals surface area (Å²) >= 11 is 0. The standard InChI is InChI=1S/C21H32O/c1-16-3-7-18(8-4-16)9-13-21-14-12-20(15-22-21)19-10-5-17(2)6-11-19/h3-4,7-8,17,19-21H,5-6,9-15H2,1-2H3. The van der Waals surface area contributed by atoms with Crippen LogP contribution in [0.5, 0.6) is 0 Å². The van der Waals surface area contributed by atoms with E-state index >= 15 is 0 Å². The van der Waals surface area contributed by atoms with Crippen LogP contribution >= 0.6 is 0 Å². The number of ether oxygens (including phenoxy) is 1. The van der Waals surface area contributed by atoms with Crippen LogP contribution < -0.4 is 0 Å². The average molecular weight is 300 g/mol. The molecule has 0 amide bonds. The molecule has 2 fully saturated rings. The van der Waals surface area contributed by atoms with Crippen LogP contribution in [0.15, 0.2) is 24.3 Å². The van der Waals surface area contributed by atoms with Crippen LogP contribution in [0.1, 0.15) is 63.0 Å². The summed E-state index contributed by atoms with van der Waals surface area (Å²) in [7, 11) is 0. The van der Waals surface area contributed by atoms with Crippen LogP contribution in [0, 0.1) is 24.7 Å². The summed E-state index contributed by atoms with van der Waals surface area (Å²) < 4.78 is 6.22. The van der Waals surface area contributed by atoms with E-state index in [9.17, 15) is 0 Å². The van der Waals surface area contributed by atoms with Crippen LogP contribution in [-0.2, 0) is 11.2 Å². The molecule has 1 aliphatic heterocycles. The molecule has 1 aromatic carbocycles. The van der Waals surface area contributed by atoms with Crippen LogP contribution in [0.4, 0.5) is 0 Å². The highest BCUT2D eigenvalue weighted by Gasteiger charge is 2.30. The molecular weight excluding hydrogens is 268 g/mol. The van der Waals surface area contributed by atoms with Crippen molar-refractivity contribution in [2.45, 2.75) is 71.3 Å². The van der Waals surface area contributed by atoms with E-state index in [2.05, 4.69) is 38.1 Å². The lowest BCUT2D eigenvalue weighted by Gasteiger charge is -2.37. The van der Waals surface area contributed by atoms with Gasteiger partial charge in [0.15, 0.2) is 0 Å². The smallest absolute Gasteiger partial charge is 0.0578 e. The van der Waals surface area contributed by atoms with Gasteiger partial charge in [-0.1, -0.05) is 49.6 Å². The number of hydrogen-bond acceptors (Lipinski definition) is 1. The van der Waals surface area contributed by atoms with Crippen molar-refractivity contribution in [1.82, 2.24) is 0 Å². The third kappa shape index (κ3) is 4.35. The fourth-order valence-electron chi connectivity index (χ4n) is 4.27. The Morgan fingerprint density at radius 1 is 0.909 bits per heavy atom. The zero-order valence-electron chi connectivity index (χ0n) is 14.4. The molecule has 0 spiro atoms. The number of benzene rings is 1. The Labute approximate surface area is 136 Å². The van der Waals surface area contributed by atoms with Crippen molar-refractivity contribution in [2.75, 3.05) is 6.61 Å². The van der Waals surface area contributed by atoms with E-state index in [4.69, 9.17) is 4.74 Å². The van der Waals surface area contributed by atoms with E-state index < -0.39 is 0 Å². The molecule has 0 aromatic heterocycles. The molecule has 122 valence electrons. The number of rotatable bonds is 4. The maximum Gasteiger partial charge on any atom is 0.0578 e. The summed E-state index contributed by atoms with van der Waals surface area (Å²) in [6, 6.07) is 8.97. The Morgan fingerprint density at radius 2 is 1.59 bits per heavy atom. The van der Waals surface area contributed by atoms with Gasteiger partial charge in [-0.2, -0.15) is 0 Å². The Hall–Kier alpha value is -0.820. The van der Waals surface area contributed by atoms with Crippen LogP contribution in [-0.4, -0.2) is 12.7 Å². The fourth-order valence-corrected chi connectivity index (χ4v) is 4.27. The molecule has 3 rings (SSSR count). The molecule has 0 radical (unpaired) electrons. The van der Waals surface area contributed by atoms with Crippen molar-refractivity contribution in [3.8, 4) is 0 Å². The van der Waals surface area contributed by atoms with Gasteiger partial charge in [0.2, 0.25) is 0 Å². The molecule has 1 heterocycles. The summed E-state index contributed by atoms with van der Waals surface area (Å²) in [4.78, 5) is 0. The predicted molar refractivity (Wildman–Crippen MR) is 93.1 cm³/mol. The monoisotopic (exact) mass is 300 g/mol. The number of hydrogen-bond donors (Lipinski definition) is 0. The second kappa shape index (κ2) is 7.64. The summed E-state index contributed by atoms with van der Waals surface area (Å²) in [5.74, 6) is 2.76. The minimum absolute atomic E-state index is 0.500. The van der Waals surface area contributed by atoms with E-state index in [0.29, 0.717) is 6.10 Å². The Bertz CT molecular complexity index is 433. The van der Waals surface area contributed by atoms with Gasteiger partial charge in [0.1, 0.15) is 0 Å². The highest BCUT2D eigenvalue weighted by molar-refractivity contribution is 5.21. The van der Waals surface area contributed by atoms with Gasteiger partial charge in [0, 0.05) is 0 Å².